The van der Waals surface area contributed by atoms with Crippen molar-refractivity contribution in [2.75, 3.05) is 18.9 Å². The van der Waals surface area contributed by atoms with E-state index in [1.54, 1.807) is 17.3 Å². The highest BCUT2D eigenvalue weighted by Gasteiger charge is 2.22. The number of pyridine rings is 1. The van der Waals surface area contributed by atoms with Gasteiger partial charge in [-0.3, -0.25) is 4.98 Å². The van der Waals surface area contributed by atoms with Gasteiger partial charge in [0.2, 0.25) is 0 Å². The second-order valence-electron chi connectivity index (χ2n) is 5.90. The number of hydrogen-bond donors (Lipinski definition) is 1. The zero-order chi connectivity index (χ0) is 15.5. The Balaban J connectivity index is 1.57. The Labute approximate surface area is 130 Å². The maximum Gasteiger partial charge on any atom is 0.321 e. The van der Waals surface area contributed by atoms with Crippen LogP contribution in [-0.2, 0) is 13.0 Å². The molecule has 1 N–H and O–H groups in total. The minimum Gasteiger partial charge on any atom is -0.335 e. The van der Waals surface area contributed by atoms with Crippen molar-refractivity contribution in [1.29, 1.82) is 0 Å². The number of carbonyl (C=O) groups excluding carboxylic acids is 1. The average molecular weight is 299 g/mol. The van der Waals surface area contributed by atoms with E-state index < -0.39 is 0 Å². The Bertz CT molecular complexity index is 666. The first kappa shape index (κ1) is 14.6. The summed E-state index contributed by atoms with van der Waals surface area (Å²) in [6, 6.07) is 1.79. The molecule has 0 radical (unpaired) electrons. The standard InChI is InChI=1S/C16H21N5O/c1-12-3-5-17-10-14(12)19-16(22)20(2)11-13-4-7-21-8-6-18-15(21)9-13/h3,5-6,8,10,13H,4,7,9,11H2,1-2H3,(H,19,22)/t13-/m1/s1. The van der Waals surface area contributed by atoms with Crippen LogP contribution in [0.15, 0.2) is 30.9 Å². The van der Waals surface area contributed by atoms with E-state index in [9.17, 15) is 4.79 Å². The van der Waals surface area contributed by atoms with Gasteiger partial charge in [0, 0.05) is 45.1 Å². The molecule has 1 aliphatic heterocycles. The molecule has 0 aromatic carbocycles. The molecule has 2 aromatic rings. The summed E-state index contributed by atoms with van der Waals surface area (Å²) in [5, 5.41) is 2.92. The van der Waals surface area contributed by atoms with Gasteiger partial charge in [-0.2, -0.15) is 0 Å². The van der Waals surface area contributed by atoms with Crippen molar-refractivity contribution in [2.24, 2.45) is 5.92 Å². The zero-order valence-electron chi connectivity index (χ0n) is 13.0. The van der Waals surface area contributed by atoms with Crippen LogP contribution in [0.2, 0.25) is 0 Å². The molecule has 0 spiro atoms. The molecule has 1 atom stereocenters. The topological polar surface area (TPSA) is 63.1 Å². The molecule has 0 bridgehead atoms. The lowest BCUT2D eigenvalue weighted by Gasteiger charge is -2.28. The molecule has 0 saturated carbocycles. The summed E-state index contributed by atoms with van der Waals surface area (Å²) in [7, 11) is 1.84. The lowest BCUT2D eigenvalue weighted by atomic mass is 9.97. The minimum absolute atomic E-state index is 0.0926. The van der Waals surface area contributed by atoms with Gasteiger partial charge in [0.05, 0.1) is 11.9 Å². The van der Waals surface area contributed by atoms with E-state index in [1.165, 1.54) is 0 Å². The fraction of sp³-hybridized carbons (Fsp3) is 0.438. The van der Waals surface area contributed by atoms with Crippen molar-refractivity contribution in [2.45, 2.75) is 26.3 Å². The maximum absolute atomic E-state index is 12.3. The van der Waals surface area contributed by atoms with Crippen LogP contribution >= 0.6 is 0 Å². The van der Waals surface area contributed by atoms with E-state index in [4.69, 9.17) is 0 Å². The second-order valence-corrected chi connectivity index (χ2v) is 5.90. The molecular weight excluding hydrogens is 278 g/mol. The Morgan fingerprint density at radius 1 is 1.50 bits per heavy atom. The number of imidazole rings is 1. The molecule has 0 aliphatic carbocycles. The number of carbonyl (C=O) groups is 1. The molecule has 2 aromatic heterocycles. The molecule has 0 saturated heterocycles. The smallest absolute Gasteiger partial charge is 0.321 e. The Morgan fingerprint density at radius 2 is 2.36 bits per heavy atom. The molecule has 22 heavy (non-hydrogen) atoms. The molecule has 0 fully saturated rings. The maximum atomic E-state index is 12.3. The predicted molar refractivity (Wildman–Crippen MR) is 84.7 cm³/mol. The van der Waals surface area contributed by atoms with Crippen LogP contribution in [0.3, 0.4) is 0 Å². The summed E-state index contributed by atoms with van der Waals surface area (Å²) < 4.78 is 2.19. The third-order valence-electron chi connectivity index (χ3n) is 4.21. The second kappa shape index (κ2) is 6.17. The van der Waals surface area contributed by atoms with Gasteiger partial charge in [-0.15, -0.1) is 0 Å². The lowest BCUT2D eigenvalue weighted by Crippen LogP contribution is -2.37. The quantitative estimate of drug-likeness (QED) is 0.946. The highest BCUT2D eigenvalue weighted by Crippen LogP contribution is 2.20. The summed E-state index contributed by atoms with van der Waals surface area (Å²) in [5.74, 6) is 1.58. The van der Waals surface area contributed by atoms with Gasteiger partial charge in [0.15, 0.2) is 0 Å². The van der Waals surface area contributed by atoms with Crippen LogP contribution in [0, 0.1) is 12.8 Å². The predicted octanol–water partition coefficient (Wildman–Crippen LogP) is 2.31. The molecule has 3 heterocycles. The van der Waals surface area contributed by atoms with E-state index in [2.05, 4.69) is 19.9 Å². The van der Waals surface area contributed by atoms with Crippen molar-refractivity contribution in [3.63, 3.8) is 0 Å². The first-order valence-corrected chi connectivity index (χ1v) is 7.56. The number of aromatic nitrogens is 3. The minimum atomic E-state index is -0.0926. The number of fused-ring (bicyclic) bond motifs is 1. The van der Waals surface area contributed by atoms with Crippen LogP contribution in [-0.4, -0.2) is 39.1 Å². The summed E-state index contributed by atoms with van der Waals surface area (Å²) in [4.78, 5) is 22.5. The van der Waals surface area contributed by atoms with Crippen LogP contribution < -0.4 is 5.32 Å². The van der Waals surface area contributed by atoms with Crippen molar-refractivity contribution >= 4 is 11.7 Å². The summed E-state index contributed by atoms with van der Waals surface area (Å²) in [6.07, 6.45) is 9.27. The van der Waals surface area contributed by atoms with Gasteiger partial charge in [0.25, 0.3) is 0 Å². The number of aryl methyl sites for hydroxylation is 2. The third-order valence-corrected chi connectivity index (χ3v) is 4.21. The van der Waals surface area contributed by atoms with Gasteiger partial charge < -0.3 is 14.8 Å². The summed E-state index contributed by atoms with van der Waals surface area (Å²) in [5.41, 5.74) is 1.77. The monoisotopic (exact) mass is 299 g/mol. The van der Waals surface area contributed by atoms with Crippen molar-refractivity contribution in [3.05, 3.63) is 42.2 Å². The van der Waals surface area contributed by atoms with Gasteiger partial charge in [-0.25, -0.2) is 9.78 Å². The van der Waals surface area contributed by atoms with Crippen LogP contribution in [0.1, 0.15) is 17.8 Å². The van der Waals surface area contributed by atoms with Gasteiger partial charge in [-0.1, -0.05) is 0 Å². The Morgan fingerprint density at radius 3 is 3.18 bits per heavy atom. The van der Waals surface area contributed by atoms with Crippen LogP contribution in [0.5, 0.6) is 0 Å². The van der Waals surface area contributed by atoms with Crippen LogP contribution in [0.25, 0.3) is 0 Å². The van der Waals surface area contributed by atoms with E-state index in [0.717, 1.165) is 43.0 Å². The molecular formula is C16H21N5O. The van der Waals surface area contributed by atoms with E-state index in [-0.39, 0.29) is 6.03 Å². The molecule has 6 heteroatoms. The number of hydrogen-bond acceptors (Lipinski definition) is 3. The molecule has 2 amide bonds. The van der Waals surface area contributed by atoms with Gasteiger partial charge in [-0.05, 0) is 30.9 Å². The van der Waals surface area contributed by atoms with Crippen molar-refractivity contribution in [3.8, 4) is 0 Å². The third kappa shape index (κ3) is 3.10. The number of anilines is 1. The Kier molecular flexibility index (Phi) is 4.09. The van der Waals surface area contributed by atoms with Crippen molar-refractivity contribution < 1.29 is 4.79 Å². The van der Waals surface area contributed by atoms with Crippen LogP contribution in [0.4, 0.5) is 10.5 Å². The number of amides is 2. The summed E-state index contributed by atoms with van der Waals surface area (Å²) in [6.45, 7) is 3.67. The normalized spacial score (nSPS) is 16.9. The first-order chi connectivity index (χ1) is 10.6. The highest BCUT2D eigenvalue weighted by molar-refractivity contribution is 5.89. The number of rotatable bonds is 3. The Hall–Kier alpha value is -2.37. The first-order valence-electron chi connectivity index (χ1n) is 7.56. The number of nitrogens with zero attached hydrogens (tertiary/aromatic N) is 4. The summed E-state index contributed by atoms with van der Waals surface area (Å²) >= 11 is 0. The highest BCUT2D eigenvalue weighted by atomic mass is 16.2. The number of nitrogens with one attached hydrogen (secondary N) is 1. The SMILES string of the molecule is Cc1ccncc1NC(=O)N(C)C[C@@H]1CCn2ccnc2C1. The molecule has 3 rings (SSSR count). The van der Waals surface area contributed by atoms with E-state index >= 15 is 0 Å². The van der Waals surface area contributed by atoms with Gasteiger partial charge >= 0.3 is 6.03 Å². The van der Waals surface area contributed by atoms with E-state index in [0.29, 0.717) is 5.92 Å². The molecule has 6 nitrogen and oxygen atoms in total. The van der Waals surface area contributed by atoms with E-state index in [1.807, 2.05) is 32.4 Å². The number of urea groups is 1. The average Bonchev–Trinajstić information content (AvgIpc) is 2.97. The zero-order valence-corrected chi connectivity index (χ0v) is 13.0. The fourth-order valence-electron chi connectivity index (χ4n) is 2.85. The lowest BCUT2D eigenvalue weighted by molar-refractivity contribution is 0.207. The molecule has 1 aliphatic rings. The largest absolute Gasteiger partial charge is 0.335 e. The van der Waals surface area contributed by atoms with Crippen molar-refractivity contribution in [1.82, 2.24) is 19.4 Å². The van der Waals surface area contributed by atoms with Gasteiger partial charge in [0.1, 0.15) is 5.82 Å². The molecule has 0 unspecified atom stereocenters. The molecule has 116 valence electrons. The fourth-order valence-corrected chi connectivity index (χ4v) is 2.85.